The van der Waals surface area contributed by atoms with Crippen LogP contribution in [0.25, 0.3) is 0 Å². The molecule has 0 radical (unpaired) electrons. The molecule has 10 heteroatoms. The van der Waals surface area contributed by atoms with Gasteiger partial charge in [0.05, 0.1) is 18.7 Å². The Bertz CT molecular complexity index is 667. The Kier molecular flexibility index (Phi) is 11.2. The van der Waals surface area contributed by atoms with Gasteiger partial charge in [-0.3, -0.25) is 4.79 Å². The predicted octanol–water partition coefficient (Wildman–Crippen LogP) is 3.36. The lowest BCUT2D eigenvalue weighted by molar-refractivity contribution is -0.122. The highest BCUT2D eigenvalue weighted by Gasteiger charge is 2.18. The fourth-order valence-electron chi connectivity index (χ4n) is 2.27. The van der Waals surface area contributed by atoms with Gasteiger partial charge in [-0.2, -0.15) is 8.78 Å². The number of halogens is 4. The van der Waals surface area contributed by atoms with Crippen LogP contribution in [0.1, 0.15) is 33.3 Å². The van der Waals surface area contributed by atoms with E-state index < -0.39 is 12.4 Å². The van der Waals surface area contributed by atoms with Gasteiger partial charge in [0.2, 0.25) is 5.91 Å². The molecule has 0 unspecified atom stereocenters. The molecule has 0 bridgehead atoms. The molecule has 0 aromatic heterocycles. The summed E-state index contributed by atoms with van der Waals surface area (Å²) in [4.78, 5) is 17.9. The van der Waals surface area contributed by atoms with Gasteiger partial charge in [0.15, 0.2) is 5.96 Å². The fourth-order valence-corrected chi connectivity index (χ4v) is 2.27. The van der Waals surface area contributed by atoms with Gasteiger partial charge in [0.25, 0.3) is 0 Å². The van der Waals surface area contributed by atoms with Gasteiger partial charge in [-0.05, 0) is 39.8 Å². The number of alkyl halides is 2. The number of hydrogen-bond donors (Lipinski definition) is 2. The molecule has 0 atom stereocenters. The summed E-state index contributed by atoms with van der Waals surface area (Å²) in [5.74, 6) is -0.824. The molecule has 0 heterocycles. The summed E-state index contributed by atoms with van der Waals surface area (Å²) in [5.41, 5.74) is -0.456. The lowest BCUT2D eigenvalue weighted by atomic mass is 10.1. The molecule has 0 fully saturated rings. The maximum Gasteiger partial charge on any atom is 0.387 e. The maximum absolute atomic E-state index is 14.0. The molecule has 0 aliphatic rings. The highest BCUT2D eigenvalue weighted by atomic mass is 127. The monoisotopic (exact) mass is 516 g/mol. The van der Waals surface area contributed by atoms with E-state index in [1.165, 1.54) is 12.1 Å². The number of nitrogens with zero attached hydrogens (tertiary/aromatic N) is 2. The number of rotatable bonds is 7. The van der Waals surface area contributed by atoms with Gasteiger partial charge in [-0.25, -0.2) is 9.38 Å². The smallest absolute Gasteiger partial charge is 0.387 e. The van der Waals surface area contributed by atoms with Crippen LogP contribution >= 0.6 is 24.0 Å². The summed E-state index contributed by atoms with van der Waals surface area (Å²) in [6.07, 6.45) is 0. The normalized spacial score (nSPS) is 11.7. The highest BCUT2D eigenvalue weighted by Crippen LogP contribution is 2.24. The van der Waals surface area contributed by atoms with E-state index in [-0.39, 0.29) is 59.8 Å². The third kappa shape index (κ3) is 9.47. The first-order valence-corrected chi connectivity index (χ1v) is 8.56. The SMILES string of the molecule is CCNC(=NCc1c(F)cccc1OC(F)F)N(C)CC(=O)NC(C)(C)C.I. The number of aliphatic imine (C=N–C) groups is 1. The van der Waals surface area contributed by atoms with Gasteiger partial charge in [0, 0.05) is 19.1 Å². The van der Waals surface area contributed by atoms with Crippen LogP contribution in [0.3, 0.4) is 0 Å². The number of nitrogens with one attached hydrogen (secondary N) is 2. The minimum absolute atomic E-state index is 0. The van der Waals surface area contributed by atoms with Gasteiger partial charge < -0.3 is 20.3 Å². The van der Waals surface area contributed by atoms with Crippen LogP contribution in [0.15, 0.2) is 23.2 Å². The minimum atomic E-state index is -3.06. The molecule has 1 aromatic carbocycles. The van der Waals surface area contributed by atoms with E-state index in [9.17, 15) is 18.0 Å². The van der Waals surface area contributed by atoms with Gasteiger partial charge in [-0.15, -0.1) is 24.0 Å². The zero-order chi connectivity index (χ0) is 20.6. The molecular weight excluding hydrogens is 488 g/mol. The molecule has 2 N–H and O–H groups in total. The van der Waals surface area contributed by atoms with Gasteiger partial charge in [0.1, 0.15) is 11.6 Å². The summed E-state index contributed by atoms with van der Waals surface area (Å²) in [5, 5.41) is 5.82. The van der Waals surface area contributed by atoms with Crippen LogP contribution in [0.4, 0.5) is 13.2 Å². The lowest BCUT2D eigenvalue weighted by Crippen LogP contribution is -2.48. The molecule has 0 saturated heterocycles. The first-order valence-electron chi connectivity index (χ1n) is 8.56. The molecule has 1 amide bonds. The van der Waals surface area contributed by atoms with E-state index in [1.54, 1.807) is 11.9 Å². The Hall–Kier alpha value is -1.72. The van der Waals surface area contributed by atoms with E-state index in [0.29, 0.717) is 12.5 Å². The topological polar surface area (TPSA) is 66.0 Å². The van der Waals surface area contributed by atoms with Crippen LogP contribution in [0.2, 0.25) is 0 Å². The first kappa shape index (κ1) is 26.3. The molecule has 0 aliphatic heterocycles. The third-order valence-corrected chi connectivity index (χ3v) is 3.27. The van der Waals surface area contributed by atoms with Crippen molar-refractivity contribution in [1.29, 1.82) is 0 Å². The number of hydrogen-bond acceptors (Lipinski definition) is 3. The number of carbonyl (C=O) groups excluding carboxylic acids is 1. The molecule has 1 rings (SSSR count). The number of carbonyl (C=O) groups is 1. The Morgan fingerprint density at radius 2 is 1.96 bits per heavy atom. The van der Waals surface area contributed by atoms with Crippen LogP contribution < -0.4 is 15.4 Å². The van der Waals surface area contributed by atoms with E-state index in [2.05, 4.69) is 20.4 Å². The number of guanidine groups is 1. The van der Waals surface area contributed by atoms with Gasteiger partial charge >= 0.3 is 6.61 Å². The van der Waals surface area contributed by atoms with Crippen molar-refractivity contribution >= 4 is 35.8 Å². The second kappa shape index (κ2) is 12.0. The van der Waals surface area contributed by atoms with E-state index in [0.717, 1.165) is 6.07 Å². The van der Waals surface area contributed by atoms with Crippen LogP contribution in [0.5, 0.6) is 5.75 Å². The standard InChI is InChI=1S/C18H27F3N4O2.HI/c1-6-22-17(25(5)11-15(26)24-18(2,3)4)23-10-12-13(19)8-7-9-14(12)27-16(20)21;/h7-9,16H,6,10-11H2,1-5H3,(H,22,23)(H,24,26);1H. The fraction of sp³-hybridized carbons (Fsp3) is 0.556. The number of amides is 1. The Balaban J connectivity index is 0.00000729. The quantitative estimate of drug-likeness (QED) is 0.332. The average Bonchev–Trinajstić information content (AvgIpc) is 2.50. The van der Waals surface area contributed by atoms with Crippen molar-refractivity contribution in [1.82, 2.24) is 15.5 Å². The Morgan fingerprint density at radius 1 is 1.32 bits per heavy atom. The number of likely N-dealkylation sites (N-methyl/N-ethyl adjacent to an activating group) is 1. The van der Waals surface area contributed by atoms with E-state index >= 15 is 0 Å². The van der Waals surface area contributed by atoms with Crippen LogP contribution in [0, 0.1) is 5.82 Å². The lowest BCUT2D eigenvalue weighted by Gasteiger charge is -2.25. The molecule has 28 heavy (non-hydrogen) atoms. The summed E-state index contributed by atoms with van der Waals surface area (Å²) in [6.45, 7) is 4.71. The minimum Gasteiger partial charge on any atom is -0.434 e. The van der Waals surface area contributed by atoms with Gasteiger partial charge in [-0.1, -0.05) is 6.07 Å². The third-order valence-electron chi connectivity index (χ3n) is 3.27. The zero-order valence-corrected chi connectivity index (χ0v) is 19.0. The number of ether oxygens (including phenoxy) is 1. The average molecular weight is 516 g/mol. The second-order valence-corrected chi connectivity index (χ2v) is 6.92. The summed E-state index contributed by atoms with van der Waals surface area (Å²) >= 11 is 0. The molecule has 0 spiro atoms. The summed E-state index contributed by atoms with van der Waals surface area (Å²) < 4.78 is 43.4. The molecule has 0 saturated carbocycles. The van der Waals surface area contributed by atoms with Crippen molar-refractivity contribution < 1.29 is 22.7 Å². The Morgan fingerprint density at radius 3 is 2.50 bits per heavy atom. The summed E-state index contributed by atoms with van der Waals surface area (Å²) in [7, 11) is 1.65. The van der Waals surface area contributed by atoms with Crippen molar-refractivity contribution in [3.63, 3.8) is 0 Å². The van der Waals surface area contributed by atoms with E-state index in [4.69, 9.17) is 0 Å². The van der Waals surface area contributed by atoms with E-state index in [1.807, 2.05) is 27.7 Å². The molecular formula is C18H28F3IN4O2. The first-order chi connectivity index (χ1) is 12.5. The van der Waals surface area contributed by atoms with Crippen molar-refractivity contribution in [2.24, 2.45) is 4.99 Å². The van der Waals surface area contributed by atoms with Crippen LogP contribution in [-0.4, -0.2) is 49.1 Å². The zero-order valence-electron chi connectivity index (χ0n) is 16.7. The second-order valence-electron chi connectivity index (χ2n) is 6.92. The molecule has 1 aromatic rings. The van der Waals surface area contributed by atoms with Crippen LogP contribution in [-0.2, 0) is 11.3 Å². The predicted molar refractivity (Wildman–Crippen MR) is 114 cm³/mol. The van der Waals surface area contributed by atoms with Crippen molar-refractivity contribution in [3.05, 3.63) is 29.6 Å². The Labute approximate surface area is 180 Å². The molecule has 160 valence electrons. The van der Waals surface area contributed by atoms with Crippen molar-refractivity contribution in [2.45, 2.75) is 46.4 Å². The van der Waals surface area contributed by atoms with Crippen molar-refractivity contribution in [2.75, 3.05) is 20.1 Å². The summed E-state index contributed by atoms with van der Waals surface area (Å²) in [6, 6.07) is 3.69. The molecule has 6 nitrogen and oxygen atoms in total. The maximum atomic E-state index is 14.0. The largest absolute Gasteiger partial charge is 0.434 e. The van der Waals surface area contributed by atoms with Crippen molar-refractivity contribution in [3.8, 4) is 5.75 Å². The molecule has 0 aliphatic carbocycles. The number of benzene rings is 1. The highest BCUT2D eigenvalue weighted by molar-refractivity contribution is 14.0.